The van der Waals surface area contributed by atoms with Crippen LogP contribution in [0.5, 0.6) is 0 Å². The third-order valence-electron chi connectivity index (χ3n) is 2.98. The highest BCUT2D eigenvalue weighted by Gasteiger charge is 2.35. The highest BCUT2D eigenvalue weighted by atomic mass is 19.4. The van der Waals surface area contributed by atoms with E-state index in [1.54, 1.807) is 0 Å². The van der Waals surface area contributed by atoms with Gasteiger partial charge in [0.2, 0.25) is 0 Å². The van der Waals surface area contributed by atoms with Crippen LogP contribution in [0.4, 0.5) is 13.2 Å². The van der Waals surface area contributed by atoms with Crippen LogP contribution < -0.4 is 5.32 Å². The summed E-state index contributed by atoms with van der Waals surface area (Å²) >= 11 is 0. The second-order valence-electron chi connectivity index (χ2n) is 4.50. The van der Waals surface area contributed by atoms with Gasteiger partial charge < -0.3 is 14.8 Å². The summed E-state index contributed by atoms with van der Waals surface area (Å²) in [7, 11) is 0. The van der Waals surface area contributed by atoms with Crippen molar-refractivity contribution in [2.45, 2.75) is 25.9 Å². The first-order valence-corrected chi connectivity index (χ1v) is 5.90. The molecule has 1 N–H and O–H groups in total. The van der Waals surface area contributed by atoms with Crippen LogP contribution in [0.1, 0.15) is 19.8 Å². The molecule has 17 heavy (non-hydrogen) atoms. The van der Waals surface area contributed by atoms with Crippen molar-refractivity contribution in [2.24, 2.45) is 5.41 Å². The van der Waals surface area contributed by atoms with E-state index in [2.05, 4.69) is 10.1 Å². The molecule has 0 aliphatic carbocycles. The second kappa shape index (κ2) is 6.56. The summed E-state index contributed by atoms with van der Waals surface area (Å²) < 4.78 is 45.7. The van der Waals surface area contributed by atoms with Gasteiger partial charge in [0.15, 0.2) is 0 Å². The number of hydrogen-bond donors (Lipinski definition) is 1. The Bertz CT molecular complexity index is 215. The van der Waals surface area contributed by atoms with E-state index < -0.39 is 12.8 Å². The van der Waals surface area contributed by atoms with E-state index in [9.17, 15) is 13.2 Å². The van der Waals surface area contributed by atoms with E-state index >= 15 is 0 Å². The van der Waals surface area contributed by atoms with Gasteiger partial charge >= 0.3 is 6.18 Å². The zero-order chi connectivity index (χ0) is 12.8. The largest absolute Gasteiger partial charge is 0.411 e. The van der Waals surface area contributed by atoms with Crippen molar-refractivity contribution in [3.8, 4) is 0 Å². The fraction of sp³-hybridized carbons (Fsp3) is 1.00. The maximum absolute atomic E-state index is 11.9. The van der Waals surface area contributed by atoms with Gasteiger partial charge in [0.05, 0.1) is 6.61 Å². The molecule has 1 aliphatic heterocycles. The van der Waals surface area contributed by atoms with Crippen LogP contribution in [0.3, 0.4) is 0 Å². The lowest BCUT2D eigenvalue weighted by Crippen LogP contribution is -2.36. The molecular formula is C11H20F3NO2. The maximum Gasteiger partial charge on any atom is 0.411 e. The molecule has 0 spiro atoms. The van der Waals surface area contributed by atoms with Crippen molar-refractivity contribution in [1.29, 1.82) is 0 Å². The Morgan fingerprint density at radius 2 is 2.18 bits per heavy atom. The molecule has 1 rings (SSSR count). The van der Waals surface area contributed by atoms with E-state index in [1.165, 1.54) is 0 Å². The number of ether oxygens (including phenoxy) is 2. The summed E-state index contributed by atoms with van der Waals surface area (Å²) in [5.74, 6) is 0. The summed E-state index contributed by atoms with van der Waals surface area (Å²) in [6.07, 6.45) is -2.74. The van der Waals surface area contributed by atoms with Crippen LogP contribution in [-0.2, 0) is 9.47 Å². The normalized spacial score (nSPS) is 25.4. The quantitative estimate of drug-likeness (QED) is 0.706. The number of nitrogens with one attached hydrogen (secondary N) is 1. The molecule has 102 valence electrons. The summed E-state index contributed by atoms with van der Waals surface area (Å²) in [5, 5.41) is 3.23. The molecule has 1 heterocycles. The third kappa shape index (κ3) is 5.70. The van der Waals surface area contributed by atoms with E-state index in [1.807, 2.05) is 6.92 Å². The molecule has 1 saturated heterocycles. The first kappa shape index (κ1) is 14.7. The van der Waals surface area contributed by atoms with Gasteiger partial charge in [-0.2, -0.15) is 13.2 Å². The first-order chi connectivity index (χ1) is 7.97. The minimum atomic E-state index is -4.24. The molecule has 0 aromatic heterocycles. The monoisotopic (exact) mass is 255 g/mol. The number of alkyl halides is 3. The lowest BCUT2D eigenvalue weighted by molar-refractivity contribution is -0.175. The lowest BCUT2D eigenvalue weighted by Gasteiger charge is -2.27. The van der Waals surface area contributed by atoms with Crippen molar-refractivity contribution in [2.75, 3.05) is 39.5 Å². The molecule has 0 saturated carbocycles. The van der Waals surface area contributed by atoms with E-state index in [0.717, 1.165) is 19.5 Å². The number of halogens is 3. The molecule has 1 atom stereocenters. The average Bonchev–Trinajstić information content (AvgIpc) is 2.70. The maximum atomic E-state index is 11.9. The Kier molecular flexibility index (Phi) is 5.69. The fourth-order valence-electron chi connectivity index (χ4n) is 1.94. The van der Waals surface area contributed by atoms with Crippen molar-refractivity contribution >= 4 is 0 Å². The predicted octanol–water partition coefficient (Wildman–Crippen LogP) is 1.97. The van der Waals surface area contributed by atoms with Crippen LogP contribution in [0.25, 0.3) is 0 Å². The smallest absolute Gasteiger partial charge is 0.381 e. The van der Waals surface area contributed by atoms with Crippen molar-refractivity contribution in [3.63, 3.8) is 0 Å². The minimum absolute atomic E-state index is 0.0540. The first-order valence-electron chi connectivity index (χ1n) is 5.90. The van der Waals surface area contributed by atoms with Crippen LogP contribution in [0.15, 0.2) is 0 Å². The summed E-state index contributed by atoms with van der Waals surface area (Å²) in [6, 6.07) is 0. The van der Waals surface area contributed by atoms with Gasteiger partial charge in [-0.05, 0) is 19.4 Å². The standard InChI is InChI=1S/C11H20F3NO2/c1-2-15-7-10(3-5-16-8-10)4-6-17-9-11(12,13)14/h15H,2-9H2,1H3. The lowest BCUT2D eigenvalue weighted by atomic mass is 9.84. The van der Waals surface area contributed by atoms with E-state index in [4.69, 9.17) is 4.74 Å². The Morgan fingerprint density at radius 1 is 1.41 bits per heavy atom. The molecule has 0 radical (unpaired) electrons. The minimum Gasteiger partial charge on any atom is -0.381 e. The molecule has 0 bridgehead atoms. The van der Waals surface area contributed by atoms with E-state index in [-0.39, 0.29) is 12.0 Å². The molecule has 1 aliphatic rings. The molecule has 6 heteroatoms. The highest BCUT2D eigenvalue weighted by molar-refractivity contribution is 4.85. The van der Waals surface area contributed by atoms with Gasteiger partial charge in [0.25, 0.3) is 0 Å². The number of rotatable bonds is 7. The van der Waals surface area contributed by atoms with Crippen LogP contribution in [0.2, 0.25) is 0 Å². The molecule has 1 unspecified atom stereocenters. The zero-order valence-corrected chi connectivity index (χ0v) is 10.1. The number of hydrogen-bond acceptors (Lipinski definition) is 3. The van der Waals surface area contributed by atoms with Gasteiger partial charge in [-0.3, -0.25) is 0 Å². The van der Waals surface area contributed by atoms with Gasteiger partial charge in [-0.25, -0.2) is 0 Å². The third-order valence-corrected chi connectivity index (χ3v) is 2.98. The second-order valence-corrected chi connectivity index (χ2v) is 4.50. The molecule has 0 aromatic carbocycles. The zero-order valence-electron chi connectivity index (χ0n) is 10.1. The predicted molar refractivity (Wildman–Crippen MR) is 57.9 cm³/mol. The van der Waals surface area contributed by atoms with E-state index in [0.29, 0.717) is 19.6 Å². The Morgan fingerprint density at radius 3 is 2.71 bits per heavy atom. The van der Waals surface area contributed by atoms with Gasteiger partial charge in [-0.15, -0.1) is 0 Å². The SMILES string of the molecule is CCNCC1(CCOCC(F)(F)F)CCOC1. The summed E-state index contributed by atoms with van der Waals surface area (Å²) in [6.45, 7) is 3.90. The molecular weight excluding hydrogens is 235 g/mol. The van der Waals surface area contributed by atoms with Crippen LogP contribution in [-0.4, -0.2) is 45.7 Å². The van der Waals surface area contributed by atoms with Crippen molar-refractivity contribution < 1.29 is 22.6 Å². The topological polar surface area (TPSA) is 30.5 Å². The van der Waals surface area contributed by atoms with Gasteiger partial charge in [0, 0.05) is 25.2 Å². The highest BCUT2D eigenvalue weighted by Crippen LogP contribution is 2.31. The van der Waals surface area contributed by atoms with Gasteiger partial charge in [0.1, 0.15) is 6.61 Å². The van der Waals surface area contributed by atoms with Crippen LogP contribution in [0, 0.1) is 5.41 Å². The average molecular weight is 255 g/mol. The summed E-state index contributed by atoms with van der Waals surface area (Å²) in [5.41, 5.74) is -0.0540. The Hall–Kier alpha value is -0.330. The molecule has 1 fully saturated rings. The Labute approximate surface area is 99.7 Å². The van der Waals surface area contributed by atoms with Crippen LogP contribution >= 0.6 is 0 Å². The fourth-order valence-corrected chi connectivity index (χ4v) is 1.94. The summed E-state index contributed by atoms with van der Waals surface area (Å²) in [4.78, 5) is 0. The molecule has 0 aromatic rings. The Balaban J connectivity index is 2.25. The van der Waals surface area contributed by atoms with Crippen molar-refractivity contribution in [3.05, 3.63) is 0 Å². The molecule has 3 nitrogen and oxygen atoms in total. The van der Waals surface area contributed by atoms with Gasteiger partial charge in [-0.1, -0.05) is 6.92 Å². The van der Waals surface area contributed by atoms with Crippen molar-refractivity contribution in [1.82, 2.24) is 5.32 Å². The molecule has 0 amide bonds.